The average molecular weight is 595 g/mol. The molecular weight excluding hydrogens is 577 g/mol. The Morgan fingerprint density at radius 2 is 1.68 bits per heavy atom. The van der Waals surface area contributed by atoms with Gasteiger partial charge in [0.1, 0.15) is 17.1 Å². The van der Waals surface area contributed by atoms with Crippen molar-refractivity contribution in [2.45, 2.75) is 38.4 Å². The van der Waals surface area contributed by atoms with Crippen molar-refractivity contribution in [3.05, 3.63) is 85.6 Å². The average Bonchev–Trinajstić information content (AvgIpc) is 3.36. The van der Waals surface area contributed by atoms with Gasteiger partial charge in [-0.25, -0.2) is 18.9 Å². The maximum atomic E-state index is 13.7. The maximum Gasteiger partial charge on any atom is 0.416 e. The molecule has 2 aromatic heterocycles. The van der Waals surface area contributed by atoms with Gasteiger partial charge in [0, 0.05) is 10.6 Å². The summed E-state index contributed by atoms with van der Waals surface area (Å²) in [6, 6.07) is 9.50. The van der Waals surface area contributed by atoms with E-state index in [0.717, 1.165) is 10.6 Å². The number of alkyl halides is 3. The summed E-state index contributed by atoms with van der Waals surface area (Å²) in [5, 5.41) is 23.8. The summed E-state index contributed by atoms with van der Waals surface area (Å²) >= 11 is 18.4. The smallest absolute Gasteiger partial charge is 0.385 e. The molecule has 0 aliphatic rings. The van der Waals surface area contributed by atoms with E-state index in [4.69, 9.17) is 34.8 Å². The van der Waals surface area contributed by atoms with Crippen LogP contribution < -0.4 is 5.69 Å². The Balaban J connectivity index is 1.88. The number of imidazole rings is 1. The summed E-state index contributed by atoms with van der Waals surface area (Å²) in [7, 11) is 0. The third-order valence-corrected chi connectivity index (χ3v) is 6.45. The molecule has 0 radical (unpaired) electrons. The van der Waals surface area contributed by atoms with Crippen LogP contribution in [0.25, 0.3) is 16.9 Å². The van der Waals surface area contributed by atoms with E-state index < -0.39 is 43.0 Å². The van der Waals surface area contributed by atoms with E-state index in [1.807, 2.05) is 0 Å². The quantitative estimate of drug-likeness (QED) is 0.293. The topological polar surface area (TPSA) is 98.1 Å². The van der Waals surface area contributed by atoms with Crippen LogP contribution in [0.4, 0.5) is 17.6 Å². The van der Waals surface area contributed by atoms with Gasteiger partial charge in [0.25, 0.3) is 0 Å². The summed E-state index contributed by atoms with van der Waals surface area (Å²) in [6.45, 7) is -0.151. The van der Waals surface area contributed by atoms with Gasteiger partial charge >= 0.3 is 11.9 Å². The minimum Gasteiger partial charge on any atom is -0.385 e. The molecule has 38 heavy (non-hydrogen) atoms. The molecule has 4 rings (SSSR count). The second-order valence-corrected chi connectivity index (χ2v) is 9.46. The molecule has 2 atom stereocenters. The number of aliphatic hydroxyl groups excluding tert-OH is 2. The molecule has 0 saturated heterocycles. The van der Waals surface area contributed by atoms with E-state index in [-0.39, 0.29) is 38.8 Å². The van der Waals surface area contributed by atoms with Gasteiger partial charge in [-0.05, 0) is 37.3 Å². The first-order valence-electron chi connectivity index (χ1n) is 10.9. The van der Waals surface area contributed by atoms with E-state index >= 15 is 0 Å². The van der Waals surface area contributed by atoms with Crippen LogP contribution >= 0.6 is 34.8 Å². The maximum absolute atomic E-state index is 13.7. The standard InChI is InChI=1S/C23H18Cl3F4N5O3/c1-11(36)21-31-18(35(32-21)14-6-7-16(27)15(25)8-14)10-34-20(26)19(12-2-4-13(24)5-3-12)33(22(34)38)9-17(37)23(28,29)30/h2-8,11,17,36-37H,9-10H2,1H3/t11-,17?/m0/s1. The van der Waals surface area contributed by atoms with Crippen molar-refractivity contribution in [2.75, 3.05) is 0 Å². The van der Waals surface area contributed by atoms with Crippen LogP contribution in [0.2, 0.25) is 15.2 Å². The van der Waals surface area contributed by atoms with E-state index in [1.165, 1.54) is 48.0 Å². The van der Waals surface area contributed by atoms with Crippen molar-refractivity contribution in [1.82, 2.24) is 23.9 Å². The number of hydrogen-bond donors (Lipinski definition) is 2. The lowest BCUT2D eigenvalue weighted by Gasteiger charge is -2.16. The van der Waals surface area contributed by atoms with E-state index in [1.54, 1.807) is 0 Å². The van der Waals surface area contributed by atoms with Gasteiger partial charge in [0.15, 0.2) is 17.8 Å². The zero-order valence-electron chi connectivity index (χ0n) is 19.3. The van der Waals surface area contributed by atoms with Crippen LogP contribution in [0.15, 0.2) is 47.3 Å². The molecule has 1 unspecified atom stereocenters. The Labute approximate surface area is 227 Å². The third-order valence-electron chi connectivity index (χ3n) is 5.53. The lowest BCUT2D eigenvalue weighted by Crippen LogP contribution is -2.37. The molecule has 0 spiro atoms. The predicted molar refractivity (Wildman–Crippen MR) is 132 cm³/mol. The molecule has 2 N–H and O–H groups in total. The Bertz CT molecular complexity index is 1530. The van der Waals surface area contributed by atoms with Crippen LogP contribution in [0, 0.1) is 5.82 Å². The molecule has 2 aromatic carbocycles. The summed E-state index contributed by atoms with van der Waals surface area (Å²) < 4.78 is 56.1. The van der Waals surface area contributed by atoms with Gasteiger partial charge in [0.05, 0.1) is 29.5 Å². The molecule has 0 aliphatic heterocycles. The van der Waals surface area contributed by atoms with Gasteiger partial charge in [-0.1, -0.05) is 46.9 Å². The van der Waals surface area contributed by atoms with Gasteiger partial charge in [-0.3, -0.25) is 9.13 Å². The molecule has 2 heterocycles. The van der Waals surface area contributed by atoms with Crippen molar-refractivity contribution in [3.8, 4) is 16.9 Å². The summed E-state index contributed by atoms with van der Waals surface area (Å²) in [4.78, 5) is 17.6. The van der Waals surface area contributed by atoms with Gasteiger partial charge in [-0.2, -0.15) is 13.2 Å². The molecule has 0 amide bonds. The first kappa shape index (κ1) is 28.1. The molecule has 0 fully saturated rings. The van der Waals surface area contributed by atoms with Crippen molar-refractivity contribution >= 4 is 34.8 Å². The highest BCUT2D eigenvalue weighted by Crippen LogP contribution is 2.31. The summed E-state index contributed by atoms with van der Waals surface area (Å²) in [6.07, 6.45) is -8.99. The fourth-order valence-corrected chi connectivity index (χ4v) is 4.28. The monoisotopic (exact) mass is 593 g/mol. The third kappa shape index (κ3) is 5.59. The number of nitrogens with zero attached hydrogens (tertiary/aromatic N) is 5. The number of hydrogen-bond acceptors (Lipinski definition) is 5. The number of benzene rings is 2. The van der Waals surface area contributed by atoms with Gasteiger partial charge in [0.2, 0.25) is 0 Å². The highest BCUT2D eigenvalue weighted by Gasteiger charge is 2.39. The largest absolute Gasteiger partial charge is 0.416 e. The van der Waals surface area contributed by atoms with Crippen LogP contribution in [-0.2, 0) is 13.1 Å². The normalized spacial score (nSPS) is 13.6. The van der Waals surface area contributed by atoms with Crippen LogP contribution in [-0.4, -0.2) is 46.4 Å². The molecular formula is C23H18Cl3F4N5O3. The van der Waals surface area contributed by atoms with Crippen molar-refractivity contribution in [1.29, 1.82) is 0 Å². The fourth-order valence-electron chi connectivity index (χ4n) is 3.64. The molecule has 8 nitrogen and oxygen atoms in total. The van der Waals surface area contributed by atoms with Crippen molar-refractivity contribution in [2.24, 2.45) is 0 Å². The Hall–Kier alpha value is -2.90. The van der Waals surface area contributed by atoms with Gasteiger partial charge < -0.3 is 10.2 Å². The lowest BCUT2D eigenvalue weighted by atomic mass is 10.1. The fraction of sp³-hybridized carbons (Fsp3) is 0.261. The van der Waals surface area contributed by atoms with Crippen LogP contribution in [0.3, 0.4) is 0 Å². The first-order valence-corrected chi connectivity index (χ1v) is 12.0. The van der Waals surface area contributed by atoms with Gasteiger partial charge in [-0.15, -0.1) is 5.10 Å². The lowest BCUT2D eigenvalue weighted by molar-refractivity contribution is -0.207. The molecule has 202 valence electrons. The number of aliphatic hydroxyl groups is 2. The van der Waals surface area contributed by atoms with Crippen molar-refractivity contribution < 1.29 is 27.8 Å². The zero-order valence-corrected chi connectivity index (χ0v) is 21.6. The van der Waals surface area contributed by atoms with Crippen molar-refractivity contribution in [3.63, 3.8) is 0 Å². The van der Waals surface area contributed by atoms with E-state index in [9.17, 15) is 32.6 Å². The molecule has 0 aliphatic carbocycles. The van der Waals surface area contributed by atoms with E-state index in [2.05, 4.69) is 10.1 Å². The molecule has 15 heteroatoms. The van der Waals surface area contributed by atoms with Crippen LogP contribution in [0.1, 0.15) is 24.7 Å². The first-order chi connectivity index (χ1) is 17.8. The van der Waals surface area contributed by atoms with Crippen LogP contribution in [0.5, 0.6) is 0 Å². The number of halogens is 7. The minimum atomic E-state index is -5.00. The summed E-state index contributed by atoms with van der Waals surface area (Å²) in [5.74, 6) is -0.710. The van der Waals surface area contributed by atoms with E-state index in [0.29, 0.717) is 9.59 Å². The molecule has 0 saturated carbocycles. The highest BCUT2D eigenvalue weighted by atomic mass is 35.5. The molecule has 4 aromatic rings. The SMILES string of the molecule is C[C@H](O)c1nc(Cn2c(Cl)c(-c3ccc(Cl)cc3)n(CC(O)C(F)(F)F)c2=O)n(-c2ccc(F)c(Cl)c2)n1. The second-order valence-electron chi connectivity index (χ2n) is 8.26. The predicted octanol–water partition coefficient (Wildman–Crippen LogP) is 5.02. The minimum absolute atomic E-state index is 0.0313. The Morgan fingerprint density at radius 1 is 1.03 bits per heavy atom. The Morgan fingerprint density at radius 3 is 2.26 bits per heavy atom. The zero-order chi connectivity index (χ0) is 27.9. The number of aromatic nitrogens is 5. The second kappa shape index (κ2) is 10.7. The highest BCUT2D eigenvalue weighted by molar-refractivity contribution is 6.32. The number of rotatable bonds is 7. The summed E-state index contributed by atoms with van der Waals surface area (Å²) in [5.41, 5.74) is -0.572. The Kier molecular flexibility index (Phi) is 7.91. The molecule has 0 bridgehead atoms.